The quantitative estimate of drug-likeness (QED) is 0.572. The predicted octanol–water partition coefficient (Wildman–Crippen LogP) is 4.49. The van der Waals surface area contributed by atoms with Crippen molar-refractivity contribution in [3.63, 3.8) is 0 Å². The van der Waals surface area contributed by atoms with Gasteiger partial charge in [-0.15, -0.1) is 0 Å². The fraction of sp³-hybridized carbons (Fsp3) is 1.00. The van der Waals surface area contributed by atoms with Gasteiger partial charge >= 0.3 is 0 Å². The number of hydrogen-bond acceptors (Lipinski definition) is 0. The average molecular weight is 170 g/mol. The van der Waals surface area contributed by atoms with Crippen LogP contribution in [0.3, 0.4) is 0 Å². The molecule has 0 N–H and O–H groups in total. The Labute approximate surface area is 78.8 Å². The van der Waals surface area contributed by atoms with E-state index in [-0.39, 0.29) is 0 Å². The van der Waals surface area contributed by atoms with E-state index in [2.05, 4.69) is 48.5 Å². The first-order chi connectivity index (χ1) is 5.10. The SMILES string of the molecule is CC(CC(C)(C)C)CC(C)(C)C. The molecular formula is C12H26. The molecule has 12 heavy (non-hydrogen) atoms. The lowest BCUT2D eigenvalue weighted by Gasteiger charge is -2.28. The van der Waals surface area contributed by atoms with Gasteiger partial charge in [0, 0.05) is 0 Å². The summed E-state index contributed by atoms with van der Waals surface area (Å²) in [7, 11) is 0. The highest BCUT2D eigenvalue weighted by molar-refractivity contribution is 4.71. The highest BCUT2D eigenvalue weighted by Crippen LogP contribution is 2.32. The molecule has 0 unspecified atom stereocenters. The Morgan fingerprint density at radius 1 is 0.750 bits per heavy atom. The van der Waals surface area contributed by atoms with E-state index in [0.29, 0.717) is 10.8 Å². The van der Waals surface area contributed by atoms with E-state index in [1.165, 1.54) is 12.8 Å². The largest absolute Gasteiger partial charge is 0.0625 e. The summed E-state index contributed by atoms with van der Waals surface area (Å²) >= 11 is 0. The zero-order chi connectivity index (χ0) is 9.99. The van der Waals surface area contributed by atoms with Crippen LogP contribution in [-0.4, -0.2) is 0 Å². The zero-order valence-corrected chi connectivity index (χ0v) is 9.99. The average Bonchev–Trinajstić information content (AvgIpc) is 1.49. The summed E-state index contributed by atoms with van der Waals surface area (Å²) < 4.78 is 0. The molecule has 74 valence electrons. The smallest absolute Gasteiger partial charge is 0.0380 e. The molecule has 0 aromatic rings. The molecule has 0 saturated carbocycles. The van der Waals surface area contributed by atoms with Crippen molar-refractivity contribution in [2.75, 3.05) is 0 Å². The van der Waals surface area contributed by atoms with Crippen molar-refractivity contribution >= 4 is 0 Å². The molecule has 0 aliphatic heterocycles. The van der Waals surface area contributed by atoms with Crippen LogP contribution in [-0.2, 0) is 0 Å². The molecule has 0 spiro atoms. The standard InChI is InChI=1S/C12H26/c1-10(8-11(2,3)4)9-12(5,6)7/h10H,8-9H2,1-7H3. The van der Waals surface area contributed by atoms with Gasteiger partial charge in [0.05, 0.1) is 0 Å². The molecule has 0 bridgehead atoms. The molecule has 0 nitrogen and oxygen atoms in total. The molecule has 0 heteroatoms. The first-order valence-corrected chi connectivity index (χ1v) is 5.10. The summed E-state index contributed by atoms with van der Waals surface area (Å²) in [5, 5.41) is 0. The fourth-order valence-electron chi connectivity index (χ4n) is 2.16. The molecule has 0 aromatic heterocycles. The molecule has 0 radical (unpaired) electrons. The van der Waals surface area contributed by atoms with Crippen molar-refractivity contribution in [1.29, 1.82) is 0 Å². The predicted molar refractivity (Wildman–Crippen MR) is 57.3 cm³/mol. The monoisotopic (exact) mass is 170 g/mol. The van der Waals surface area contributed by atoms with Gasteiger partial charge in [0.2, 0.25) is 0 Å². The minimum Gasteiger partial charge on any atom is -0.0625 e. The molecule has 0 aliphatic rings. The van der Waals surface area contributed by atoms with E-state index in [0.717, 1.165) is 5.92 Å². The van der Waals surface area contributed by atoms with Crippen molar-refractivity contribution in [1.82, 2.24) is 0 Å². The Balaban J connectivity index is 3.83. The van der Waals surface area contributed by atoms with Crippen molar-refractivity contribution in [3.05, 3.63) is 0 Å². The normalized spacial score (nSPS) is 14.0. The van der Waals surface area contributed by atoms with Crippen LogP contribution in [0.1, 0.15) is 61.3 Å². The molecule has 0 atom stereocenters. The lowest BCUT2D eigenvalue weighted by atomic mass is 9.78. The second-order valence-electron chi connectivity index (χ2n) is 6.63. The van der Waals surface area contributed by atoms with Crippen LogP contribution in [0.2, 0.25) is 0 Å². The molecule has 0 saturated heterocycles. The molecule has 0 fully saturated rings. The minimum atomic E-state index is 0.491. The van der Waals surface area contributed by atoms with Gasteiger partial charge in [-0.3, -0.25) is 0 Å². The third-order valence-electron chi connectivity index (χ3n) is 1.92. The molecule has 0 aliphatic carbocycles. The van der Waals surface area contributed by atoms with E-state index in [1.54, 1.807) is 0 Å². The Morgan fingerprint density at radius 2 is 1.00 bits per heavy atom. The van der Waals surface area contributed by atoms with Gasteiger partial charge in [-0.25, -0.2) is 0 Å². The van der Waals surface area contributed by atoms with Crippen molar-refractivity contribution in [2.45, 2.75) is 61.3 Å². The van der Waals surface area contributed by atoms with Crippen LogP contribution in [0.15, 0.2) is 0 Å². The van der Waals surface area contributed by atoms with Crippen molar-refractivity contribution in [2.24, 2.45) is 16.7 Å². The lowest BCUT2D eigenvalue weighted by Crippen LogP contribution is -2.16. The molecule has 0 heterocycles. The van der Waals surface area contributed by atoms with Crippen LogP contribution >= 0.6 is 0 Å². The minimum absolute atomic E-state index is 0.491. The first-order valence-electron chi connectivity index (χ1n) is 5.10. The van der Waals surface area contributed by atoms with Gasteiger partial charge in [-0.2, -0.15) is 0 Å². The maximum Gasteiger partial charge on any atom is -0.0380 e. The van der Waals surface area contributed by atoms with Gasteiger partial charge in [0.25, 0.3) is 0 Å². The Kier molecular flexibility index (Phi) is 3.81. The Morgan fingerprint density at radius 3 is 1.17 bits per heavy atom. The Hall–Kier alpha value is 0. The number of rotatable bonds is 2. The van der Waals surface area contributed by atoms with Gasteiger partial charge in [-0.05, 0) is 29.6 Å². The van der Waals surface area contributed by atoms with Crippen molar-refractivity contribution in [3.8, 4) is 0 Å². The summed E-state index contributed by atoms with van der Waals surface area (Å²) in [4.78, 5) is 0. The third kappa shape index (κ3) is 8.10. The van der Waals surface area contributed by atoms with Crippen LogP contribution in [0.5, 0.6) is 0 Å². The number of hydrogen-bond donors (Lipinski definition) is 0. The topological polar surface area (TPSA) is 0 Å². The first kappa shape index (κ1) is 12.0. The van der Waals surface area contributed by atoms with Crippen molar-refractivity contribution < 1.29 is 0 Å². The summed E-state index contributed by atoms with van der Waals surface area (Å²) in [6, 6.07) is 0. The van der Waals surface area contributed by atoms with Crippen LogP contribution < -0.4 is 0 Å². The molecule has 0 aromatic carbocycles. The van der Waals surface area contributed by atoms with E-state index < -0.39 is 0 Å². The summed E-state index contributed by atoms with van der Waals surface area (Å²) in [5.74, 6) is 0.852. The van der Waals surface area contributed by atoms with Gasteiger partial charge in [-0.1, -0.05) is 48.5 Å². The van der Waals surface area contributed by atoms with E-state index >= 15 is 0 Å². The highest BCUT2D eigenvalue weighted by Gasteiger charge is 2.20. The second-order valence-corrected chi connectivity index (χ2v) is 6.63. The maximum atomic E-state index is 2.37. The second kappa shape index (κ2) is 3.81. The maximum absolute atomic E-state index is 2.37. The molecule has 0 amide bonds. The van der Waals surface area contributed by atoms with Gasteiger partial charge in [0.1, 0.15) is 0 Å². The van der Waals surface area contributed by atoms with E-state index in [9.17, 15) is 0 Å². The zero-order valence-electron chi connectivity index (χ0n) is 9.99. The Bertz CT molecular complexity index is 104. The molecule has 0 rings (SSSR count). The highest BCUT2D eigenvalue weighted by atomic mass is 14.3. The van der Waals surface area contributed by atoms with Crippen LogP contribution in [0, 0.1) is 16.7 Å². The lowest BCUT2D eigenvalue weighted by molar-refractivity contribution is 0.233. The van der Waals surface area contributed by atoms with Crippen LogP contribution in [0.4, 0.5) is 0 Å². The van der Waals surface area contributed by atoms with E-state index in [4.69, 9.17) is 0 Å². The van der Waals surface area contributed by atoms with E-state index in [1.807, 2.05) is 0 Å². The van der Waals surface area contributed by atoms with Gasteiger partial charge in [0.15, 0.2) is 0 Å². The molecular weight excluding hydrogens is 144 g/mol. The third-order valence-corrected chi connectivity index (χ3v) is 1.92. The summed E-state index contributed by atoms with van der Waals surface area (Å²) in [6.45, 7) is 16.3. The summed E-state index contributed by atoms with van der Waals surface area (Å²) in [6.07, 6.45) is 2.68. The fourth-order valence-corrected chi connectivity index (χ4v) is 2.16. The van der Waals surface area contributed by atoms with Crippen LogP contribution in [0.25, 0.3) is 0 Å². The summed E-state index contributed by atoms with van der Waals surface area (Å²) in [5.41, 5.74) is 0.981. The van der Waals surface area contributed by atoms with Gasteiger partial charge < -0.3 is 0 Å².